The van der Waals surface area contributed by atoms with E-state index in [2.05, 4.69) is 10.4 Å². The number of hydrogen-bond donors (Lipinski definition) is 2. The van der Waals surface area contributed by atoms with Crippen LogP contribution < -0.4 is 5.32 Å². The molecular formula is C14H22N4O3. The van der Waals surface area contributed by atoms with Crippen LogP contribution in [0.25, 0.3) is 0 Å². The second-order valence-corrected chi connectivity index (χ2v) is 5.47. The fourth-order valence-corrected chi connectivity index (χ4v) is 2.77. The van der Waals surface area contributed by atoms with Crippen LogP contribution in [-0.4, -0.2) is 44.4 Å². The van der Waals surface area contributed by atoms with Crippen LogP contribution in [-0.2, 0) is 18.4 Å². The zero-order valence-electron chi connectivity index (χ0n) is 12.7. The molecule has 0 aliphatic carbocycles. The van der Waals surface area contributed by atoms with Crippen molar-refractivity contribution in [2.24, 2.45) is 7.05 Å². The highest BCUT2D eigenvalue weighted by Crippen LogP contribution is 2.18. The highest BCUT2D eigenvalue weighted by molar-refractivity contribution is 5.82. The molecule has 1 aromatic heterocycles. The van der Waals surface area contributed by atoms with E-state index in [0.717, 1.165) is 29.8 Å². The Bertz CT molecular complexity index is 553. The van der Waals surface area contributed by atoms with Gasteiger partial charge in [0, 0.05) is 31.4 Å². The Morgan fingerprint density at radius 1 is 1.38 bits per heavy atom. The average Bonchev–Trinajstić information content (AvgIpc) is 2.70. The second kappa shape index (κ2) is 6.15. The molecule has 1 aliphatic heterocycles. The van der Waals surface area contributed by atoms with Gasteiger partial charge in [0.25, 0.3) is 0 Å². The fraction of sp³-hybridized carbons (Fsp3) is 0.643. The number of amides is 2. The number of carbonyl (C=O) groups excluding carboxylic acids is 1. The molecule has 2 heterocycles. The Morgan fingerprint density at radius 3 is 2.67 bits per heavy atom. The summed E-state index contributed by atoms with van der Waals surface area (Å²) < 4.78 is 1.78. The molecule has 7 heteroatoms. The number of likely N-dealkylation sites (tertiary alicyclic amines) is 1. The van der Waals surface area contributed by atoms with Gasteiger partial charge in [0.15, 0.2) is 0 Å². The minimum Gasteiger partial charge on any atom is -0.480 e. The summed E-state index contributed by atoms with van der Waals surface area (Å²) in [7, 11) is 1.86. The molecule has 0 radical (unpaired) electrons. The number of aliphatic carboxylic acids is 1. The Labute approximate surface area is 123 Å². The summed E-state index contributed by atoms with van der Waals surface area (Å²) in [5.74, 6) is -0.932. The Balaban J connectivity index is 2.02. The first-order chi connectivity index (χ1) is 9.91. The first kappa shape index (κ1) is 15.3. The molecule has 0 saturated carbocycles. The summed E-state index contributed by atoms with van der Waals surface area (Å²) in [6.45, 7) is 4.71. The molecule has 1 aliphatic rings. The predicted octanol–water partition coefficient (Wildman–Crippen LogP) is 1.19. The molecule has 1 fully saturated rings. The normalized spacial score (nSPS) is 18.6. The molecule has 2 amide bonds. The van der Waals surface area contributed by atoms with Gasteiger partial charge in [-0.2, -0.15) is 5.10 Å². The summed E-state index contributed by atoms with van der Waals surface area (Å²) >= 11 is 0. The number of aryl methyl sites for hydroxylation is 2. The van der Waals surface area contributed by atoms with Crippen molar-refractivity contribution in [3.05, 3.63) is 17.0 Å². The van der Waals surface area contributed by atoms with Crippen LogP contribution >= 0.6 is 0 Å². The summed E-state index contributed by atoms with van der Waals surface area (Å²) in [6.07, 6.45) is 2.22. The molecule has 0 bridgehead atoms. The van der Waals surface area contributed by atoms with Crippen molar-refractivity contribution in [1.29, 1.82) is 0 Å². The van der Waals surface area contributed by atoms with Crippen molar-refractivity contribution < 1.29 is 14.7 Å². The number of piperidine rings is 1. The SMILES string of the molecule is Cc1nn(C)c(C)c1CNC(=O)N1CCCCC1C(=O)O. The summed E-state index contributed by atoms with van der Waals surface area (Å²) in [4.78, 5) is 24.9. The van der Waals surface area contributed by atoms with Gasteiger partial charge >= 0.3 is 12.0 Å². The highest BCUT2D eigenvalue weighted by Gasteiger charge is 2.31. The summed E-state index contributed by atoms with van der Waals surface area (Å²) in [6, 6.07) is -1.03. The molecule has 2 rings (SSSR count). The van der Waals surface area contributed by atoms with E-state index in [1.54, 1.807) is 4.68 Å². The fourth-order valence-electron chi connectivity index (χ4n) is 2.77. The number of carboxylic acid groups (broad SMARTS) is 1. The quantitative estimate of drug-likeness (QED) is 0.876. The number of carbonyl (C=O) groups is 2. The molecule has 116 valence electrons. The molecule has 1 saturated heterocycles. The third-order valence-corrected chi connectivity index (χ3v) is 4.12. The van der Waals surface area contributed by atoms with E-state index in [-0.39, 0.29) is 6.03 Å². The number of rotatable bonds is 3. The third kappa shape index (κ3) is 3.17. The Hall–Kier alpha value is -2.05. The van der Waals surface area contributed by atoms with Crippen molar-refractivity contribution in [2.45, 2.75) is 45.7 Å². The van der Waals surface area contributed by atoms with Crippen molar-refractivity contribution in [3.8, 4) is 0 Å². The van der Waals surface area contributed by atoms with Crippen molar-refractivity contribution in [1.82, 2.24) is 20.0 Å². The number of nitrogens with one attached hydrogen (secondary N) is 1. The largest absolute Gasteiger partial charge is 0.480 e. The molecule has 1 unspecified atom stereocenters. The van der Waals surface area contributed by atoms with Crippen LogP contribution in [0, 0.1) is 13.8 Å². The van der Waals surface area contributed by atoms with Crippen molar-refractivity contribution in [2.75, 3.05) is 6.54 Å². The lowest BCUT2D eigenvalue weighted by molar-refractivity contribution is -0.143. The Morgan fingerprint density at radius 2 is 2.10 bits per heavy atom. The molecule has 0 aromatic carbocycles. The molecule has 1 atom stereocenters. The van der Waals surface area contributed by atoms with E-state index in [9.17, 15) is 14.7 Å². The van der Waals surface area contributed by atoms with Crippen LogP contribution in [0.15, 0.2) is 0 Å². The van der Waals surface area contributed by atoms with Crippen molar-refractivity contribution >= 4 is 12.0 Å². The first-order valence-electron chi connectivity index (χ1n) is 7.18. The van der Waals surface area contributed by atoms with E-state index in [1.807, 2.05) is 20.9 Å². The van der Waals surface area contributed by atoms with Crippen LogP contribution in [0.5, 0.6) is 0 Å². The predicted molar refractivity (Wildman–Crippen MR) is 76.9 cm³/mol. The van der Waals surface area contributed by atoms with Gasteiger partial charge < -0.3 is 15.3 Å². The molecular weight excluding hydrogens is 272 g/mol. The van der Waals surface area contributed by atoms with Gasteiger partial charge in [-0.25, -0.2) is 9.59 Å². The van der Waals surface area contributed by atoms with Crippen LogP contribution in [0.4, 0.5) is 4.79 Å². The van der Waals surface area contributed by atoms with E-state index in [1.165, 1.54) is 4.90 Å². The van der Waals surface area contributed by atoms with Crippen molar-refractivity contribution in [3.63, 3.8) is 0 Å². The van der Waals surface area contributed by atoms with Gasteiger partial charge in [0.2, 0.25) is 0 Å². The average molecular weight is 294 g/mol. The number of nitrogens with zero attached hydrogens (tertiary/aromatic N) is 3. The van der Waals surface area contributed by atoms with Crippen LogP contribution in [0.3, 0.4) is 0 Å². The standard InChI is InChI=1S/C14H22N4O3/c1-9-11(10(2)17(3)16-9)8-15-14(21)18-7-5-4-6-12(18)13(19)20/h12H,4-8H2,1-3H3,(H,15,21)(H,19,20). The maximum Gasteiger partial charge on any atom is 0.326 e. The molecule has 0 spiro atoms. The molecule has 2 N–H and O–H groups in total. The summed E-state index contributed by atoms with van der Waals surface area (Å²) in [5, 5.41) is 16.3. The lowest BCUT2D eigenvalue weighted by Crippen LogP contribution is -2.51. The molecule has 1 aromatic rings. The van der Waals surface area contributed by atoms with Crippen LogP contribution in [0.2, 0.25) is 0 Å². The lowest BCUT2D eigenvalue weighted by atomic mass is 10.0. The zero-order valence-corrected chi connectivity index (χ0v) is 12.7. The van der Waals surface area contributed by atoms with E-state index in [4.69, 9.17) is 0 Å². The maximum atomic E-state index is 12.2. The van der Waals surface area contributed by atoms with Gasteiger partial charge in [-0.3, -0.25) is 4.68 Å². The topological polar surface area (TPSA) is 87.5 Å². The highest BCUT2D eigenvalue weighted by atomic mass is 16.4. The third-order valence-electron chi connectivity index (χ3n) is 4.12. The summed E-state index contributed by atoms with van der Waals surface area (Å²) in [5.41, 5.74) is 2.86. The van der Waals surface area contributed by atoms with Crippen LogP contribution in [0.1, 0.15) is 36.2 Å². The van der Waals surface area contributed by atoms with Gasteiger partial charge in [-0.05, 0) is 33.1 Å². The van der Waals surface area contributed by atoms with Gasteiger partial charge in [0.1, 0.15) is 6.04 Å². The number of aromatic nitrogens is 2. The first-order valence-corrected chi connectivity index (χ1v) is 7.18. The van der Waals surface area contributed by atoms with Gasteiger partial charge in [-0.1, -0.05) is 0 Å². The maximum absolute atomic E-state index is 12.2. The zero-order chi connectivity index (χ0) is 15.6. The van der Waals surface area contributed by atoms with Gasteiger partial charge in [0.05, 0.1) is 5.69 Å². The lowest BCUT2D eigenvalue weighted by Gasteiger charge is -2.32. The smallest absolute Gasteiger partial charge is 0.326 e. The number of carboxylic acids is 1. The second-order valence-electron chi connectivity index (χ2n) is 5.47. The molecule has 21 heavy (non-hydrogen) atoms. The molecule has 7 nitrogen and oxygen atoms in total. The van der Waals surface area contributed by atoms with E-state index in [0.29, 0.717) is 19.5 Å². The number of hydrogen-bond acceptors (Lipinski definition) is 3. The monoisotopic (exact) mass is 294 g/mol. The minimum absolute atomic E-state index is 0.315. The van der Waals surface area contributed by atoms with E-state index < -0.39 is 12.0 Å². The minimum atomic E-state index is -0.932. The van der Waals surface area contributed by atoms with Gasteiger partial charge in [-0.15, -0.1) is 0 Å². The van der Waals surface area contributed by atoms with E-state index >= 15 is 0 Å². The number of urea groups is 1. The Kier molecular flexibility index (Phi) is 4.50.